The van der Waals surface area contributed by atoms with Gasteiger partial charge < -0.3 is 9.84 Å². The minimum absolute atomic E-state index is 0.243. The Bertz CT molecular complexity index is 1850. The molecule has 0 saturated carbocycles. The molecule has 0 atom stereocenters. The third kappa shape index (κ3) is 8.13. The number of aromatic hydroxyl groups is 1. The van der Waals surface area contributed by atoms with E-state index in [1.54, 1.807) is 19.2 Å². The van der Waals surface area contributed by atoms with Gasteiger partial charge in [0.15, 0.2) is 0 Å². The van der Waals surface area contributed by atoms with Crippen LogP contribution >= 0.6 is 23.2 Å². The second-order valence-electron chi connectivity index (χ2n) is 10.1. The van der Waals surface area contributed by atoms with Crippen LogP contribution in [0.2, 0.25) is 0 Å². The number of hydrogen-bond acceptors (Lipinski definition) is 2. The van der Waals surface area contributed by atoms with Crippen LogP contribution in [0.5, 0.6) is 11.5 Å². The first kappa shape index (κ1) is 31.4. The van der Waals surface area contributed by atoms with Crippen molar-refractivity contribution in [3.63, 3.8) is 0 Å². The number of phenols is 1. The van der Waals surface area contributed by atoms with E-state index in [9.17, 15) is 5.11 Å². The van der Waals surface area contributed by atoms with Gasteiger partial charge in [0.05, 0.1) is 17.2 Å². The van der Waals surface area contributed by atoms with Gasteiger partial charge in [0.1, 0.15) is 11.5 Å². The number of benzene rings is 6. The maximum atomic E-state index is 9.52. The molecule has 4 heteroatoms. The predicted octanol–water partition coefficient (Wildman–Crippen LogP) is 11.4. The molecule has 0 bridgehead atoms. The van der Waals surface area contributed by atoms with Crippen LogP contribution in [0, 0.1) is 0 Å². The van der Waals surface area contributed by atoms with E-state index in [0.717, 1.165) is 55.3 Å². The van der Waals surface area contributed by atoms with Crippen molar-refractivity contribution in [3.05, 3.63) is 203 Å². The lowest BCUT2D eigenvalue weighted by Crippen LogP contribution is -1.92. The Morgan fingerprint density at radius 2 is 0.689 bits per heavy atom. The summed E-state index contributed by atoms with van der Waals surface area (Å²) >= 11 is 13.5. The summed E-state index contributed by atoms with van der Waals surface area (Å²) in [4.78, 5) is 0. The molecule has 0 radical (unpaired) electrons. The molecule has 222 valence electrons. The van der Waals surface area contributed by atoms with Crippen LogP contribution in [-0.2, 0) is 0 Å². The Kier molecular flexibility index (Phi) is 10.9. The third-order valence-corrected chi connectivity index (χ3v) is 7.97. The van der Waals surface area contributed by atoms with Crippen LogP contribution in [0.1, 0.15) is 33.4 Å². The Hall–Kier alpha value is -5.02. The molecule has 6 rings (SSSR count). The highest BCUT2D eigenvalue weighted by Crippen LogP contribution is 2.36. The molecule has 0 unspecified atom stereocenters. The molecule has 0 spiro atoms. The number of hydrogen-bond donors (Lipinski definition) is 1. The summed E-state index contributed by atoms with van der Waals surface area (Å²) in [6.45, 7) is 0. The molecular weight excluding hydrogens is 595 g/mol. The standard InChI is InChI=1S/C21H17ClO.C20H15ClO/c1-23-19-14-12-17(13-15-19)20(16-8-4-2-5-9-16)21(22)18-10-6-3-7-11-18;21-20(17-9-5-2-6-10-17)19(15-7-3-1-4-8-15)16-11-13-18(22)14-12-16/h2-15H,1H3;1-14,22H/b21-20-;20-19-. The van der Waals surface area contributed by atoms with E-state index in [2.05, 4.69) is 12.1 Å². The third-order valence-electron chi connectivity index (χ3n) is 7.15. The van der Waals surface area contributed by atoms with E-state index in [1.807, 2.05) is 146 Å². The smallest absolute Gasteiger partial charge is 0.118 e. The second kappa shape index (κ2) is 15.6. The number of halogens is 2. The highest BCUT2D eigenvalue weighted by molar-refractivity contribution is 6.53. The fourth-order valence-corrected chi connectivity index (χ4v) is 5.58. The van der Waals surface area contributed by atoms with Crippen LogP contribution < -0.4 is 4.74 Å². The summed E-state index contributed by atoms with van der Waals surface area (Å²) in [5.74, 6) is 1.07. The summed E-state index contributed by atoms with van der Waals surface area (Å²) < 4.78 is 5.25. The molecular formula is C41H32Cl2O2. The van der Waals surface area contributed by atoms with Crippen LogP contribution in [-0.4, -0.2) is 12.2 Å². The van der Waals surface area contributed by atoms with Crippen molar-refractivity contribution in [1.82, 2.24) is 0 Å². The van der Waals surface area contributed by atoms with Crippen molar-refractivity contribution in [2.45, 2.75) is 0 Å². The SMILES string of the molecule is COc1ccc(/C(=C(\Cl)c2ccccc2)c2ccccc2)cc1.Oc1ccc(/C(=C(\Cl)c2ccccc2)c2ccccc2)cc1. The van der Waals surface area contributed by atoms with E-state index in [-0.39, 0.29) is 5.75 Å². The fraction of sp³-hybridized carbons (Fsp3) is 0.0244. The van der Waals surface area contributed by atoms with E-state index in [4.69, 9.17) is 27.9 Å². The average molecular weight is 628 g/mol. The largest absolute Gasteiger partial charge is 0.508 e. The number of phenolic OH excluding ortho intramolecular Hbond substituents is 1. The minimum atomic E-state index is 0.243. The Labute approximate surface area is 275 Å². The molecule has 6 aromatic carbocycles. The van der Waals surface area contributed by atoms with Crippen molar-refractivity contribution in [2.24, 2.45) is 0 Å². The van der Waals surface area contributed by atoms with Crippen molar-refractivity contribution in [1.29, 1.82) is 0 Å². The lowest BCUT2D eigenvalue weighted by Gasteiger charge is -2.13. The van der Waals surface area contributed by atoms with Gasteiger partial charge in [0, 0.05) is 11.1 Å². The lowest BCUT2D eigenvalue weighted by molar-refractivity contribution is 0.415. The number of ether oxygens (including phenoxy) is 1. The molecule has 0 aliphatic rings. The summed E-state index contributed by atoms with van der Waals surface area (Å²) in [5, 5.41) is 10.9. The molecule has 0 amide bonds. The van der Waals surface area contributed by atoms with E-state index in [0.29, 0.717) is 5.03 Å². The molecule has 0 fully saturated rings. The van der Waals surface area contributed by atoms with Crippen LogP contribution in [0.3, 0.4) is 0 Å². The van der Waals surface area contributed by atoms with Crippen molar-refractivity contribution in [2.75, 3.05) is 7.11 Å². The van der Waals surface area contributed by atoms with Gasteiger partial charge in [-0.25, -0.2) is 0 Å². The van der Waals surface area contributed by atoms with E-state index >= 15 is 0 Å². The summed E-state index contributed by atoms with van der Waals surface area (Å²) in [7, 11) is 1.67. The predicted molar refractivity (Wildman–Crippen MR) is 190 cm³/mol. The van der Waals surface area contributed by atoms with Gasteiger partial charge in [-0.3, -0.25) is 0 Å². The summed E-state index contributed by atoms with van der Waals surface area (Å²) in [5.41, 5.74) is 8.10. The minimum Gasteiger partial charge on any atom is -0.508 e. The fourth-order valence-electron chi connectivity index (χ4n) is 4.89. The molecule has 0 heterocycles. The van der Waals surface area contributed by atoms with Crippen LogP contribution in [0.4, 0.5) is 0 Å². The molecule has 0 aliphatic heterocycles. The van der Waals surface area contributed by atoms with Crippen molar-refractivity contribution >= 4 is 44.4 Å². The molecule has 2 nitrogen and oxygen atoms in total. The Morgan fingerprint density at radius 1 is 0.400 bits per heavy atom. The first-order valence-electron chi connectivity index (χ1n) is 14.5. The molecule has 1 N–H and O–H groups in total. The van der Waals surface area contributed by atoms with Gasteiger partial charge in [-0.05, 0) is 57.6 Å². The normalized spacial score (nSPS) is 11.8. The monoisotopic (exact) mass is 626 g/mol. The molecule has 0 aromatic heterocycles. The number of methoxy groups -OCH3 is 1. The Balaban J connectivity index is 0.000000178. The summed E-state index contributed by atoms with van der Waals surface area (Å²) in [6.07, 6.45) is 0. The van der Waals surface area contributed by atoms with Crippen molar-refractivity contribution < 1.29 is 9.84 Å². The summed E-state index contributed by atoms with van der Waals surface area (Å²) in [6, 6.07) is 55.2. The van der Waals surface area contributed by atoms with Gasteiger partial charge in [0.2, 0.25) is 0 Å². The highest BCUT2D eigenvalue weighted by atomic mass is 35.5. The first-order chi connectivity index (χ1) is 22.0. The maximum absolute atomic E-state index is 9.52. The lowest BCUT2D eigenvalue weighted by atomic mass is 9.95. The highest BCUT2D eigenvalue weighted by Gasteiger charge is 2.13. The molecule has 0 aliphatic carbocycles. The van der Waals surface area contributed by atoms with Gasteiger partial charge in [0.25, 0.3) is 0 Å². The zero-order valence-corrected chi connectivity index (χ0v) is 26.3. The van der Waals surface area contributed by atoms with E-state index in [1.165, 1.54) is 0 Å². The van der Waals surface area contributed by atoms with Gasteiger partial charge in [-0.1, -0.05) is 169 Å². The van der Waals surface area contributed by atoms with E-state index < -0.39 is 0 Å². The quantitative estimate of drug-likeness (QED) is 0.179. The molecule has 45 heavy (non-hydrogen) atoms. The van der Waals surface area contributed by atoms with Crippen LogP contribution in [0.15, 0.2) is 170 Å². The van der Waals surface area contributed by atoms with Gasteiger partial charge in [-0.2, -0.15) is 0 Å². The average Bonchev–Trinajstić information content (AvgIpc) is 3.11. The first-order valence-corrected chi connectivity index (χ1v) is 15.3. The zero-order chi connectivity index (χ0) is 31.4. The topological polar surface area (TPSA) is 29.5 Å². The Morgan fingerprint density at radius 3 is 1.02 bits per heavy atom. The second-order valence-corrected chi connectivity index (χ2v) is 10.9. The molecule has 0 saturated heterocycles. The maximum Gasteiger partial charge on any atom is 0.118 e. The number of rotatable bonds is 7. The van der Waals surface area contributed by atoms with Gasteiger partial charge in [-0.15, -0.1) is 0 Å². The molecule has 6 aromatic rings. The van der Waals surface area contributed by atoms with Crippen LogP contribution in [0.25, 0.3) is 21.2 Å². The van der Waals surface area contributed by atoms with Crippen molar-refractivity contribution in [3.8, 4) is 11.5 Å². The zero-order valence-electron chi connectivity index (χ0n) is 24.8. The van der Waals surface area contributed by atoms with Gasteiger partial charge >= 0.3 is 0 Å².